The van der Waals surface area contributed by atoms with Gasteiger partial charge in [-0.15, -0.1) is 0 Å². The Bertz CT molecular complexity index is 393. The van der Waals surface area contributed by atoms with E-state index in [9.17, 15) is 0 Å². The summed E-state index contributed by atoms with van der Waals surface area (Å²) in [6, 6.07) is 9.90. The van der Waals surface area contributed by atoms with E-state index in [2.05, 4.69) is 67.2 Å². The maximum atomic E-state index is 3.52. The number of piperazine rings is 1. The van der Waals surface area contributed by atoms with Crippen molar-refractivity contribution in [1.82, 2.24) is 9.80 Å². The van der Waals surface area contributed by atoms with Gasteiger partial charge >= 0.3 is 0 Å². The van der Waals surface area contributed by atoms with E-state index in [1.165, 1.54) is 24.3 Å². The number of nitrogens with zero attached hydrogens (tertiary/aromatic N) is 2. The lowest BCUT2D eigenvalue weighted by Crippen LogP contribution is -2.55. The molecule has 0 bridgehead atoms. The van der Waals surface area contributed by atoms with Crippen LogP contribution in [0.25, 0.3) is 0 Å². The molecule has 0 radical (unpaired) electrons. The van der Waals surface area contributed by atoms with Gasteiger partial charge in [-0.3, -0.25) is 9.80 Å². The Labute approximate surface area is 117 Å². The van der Waals surface area contributed by atoms with Crippen molar-refractivity contribution in [2.75, 3.05) is 38.5 Å². The molecule has 1 aromatic carbocycles. The molecule has 1 aliphatic rings. The molecule has 3 nitrogen and oxygen atoms in total. The van der Waals surface area contributed by atoms with Crippen LogP contribution in [0.5, 0.6) is 0 Å². The number of nitrogens with one attached hydrogen (secondary N) is 1. The molecule has 3 heteroatoms. The van der Waals surface area contributed by atoms with Gasteiger partial charge in [0.15, 0.2) is 0 Å². The van der Waals surface area contributed by atoms with Crippen molar-refractivity contribution in [2.45, 2.75) is 32.9 Å². The molecular formula is C16H27N3. The van der Waals surface area contributed by atoms with Gasteiger partial charge in [-0.25, -0.2) is 0 Å². The van der Waals surface area contributed by atoms with Gasteiger partial charge in [0.1, 0.15) is 0 Å². The Morgan fingerprint density at radius 3 is 2.53 bits per heavy atom. The minimum atomic E-state index is 0.655. The molecule has 1 N–H and O–H groups in total. The Balaban J connectivity index is 1.77. The molecule has 1 saturated heterocycles. The van der Waals surface area contributed by atoms with Crippen LogP contribution in [0.1, 0.15) is 19.4 Å². The number of anilines is 1. The zero-order valence-electron chi connectivity index (χ0n) is 12.7. The average Bonchev–Trinajstić information content (AvgIpc) is 2.36. The van der Waals surface area contributed by atoms with Crippen molar-refractivity contribution in [2.24, 2.45) is 0 Å². The van der Waals surface area contributed by atoms with Gasteiger partial charge in [-0.2, -0.15) is 0 Å². The zero-order valence-corrected chi connectivity index (χ0v) is 12.7. The van der Waals surface area contributed by atoms with Crippen LogP contribution in [0.4, 0.5) is 5.69 Å². The highest BCUT2D eigenvalue weighted by Gasteiger charge is 2.25. The molecule has 1 fully saturated rings. The Kier molecular flexibility index (Phi) is 4.83. The fourth-order valence-electron chi connectivity index (χ4n) is 2.81. The second-order valence-electron chi connectivity index (χ2n) is 5.92. The van der Waals surface area contributed by atoms with Crippen LogP contribution in [0.2, 0.25) is 0 Å². The first-order chi connectivity index (χ1) is 9.06. The molecule has 2 unspecified atom stereocenters. The number of rotatable bonds is 4. The molecule has 0 saturated carbocycles. The monoisotopic (exact) mass is 261 g/mol. The van der Waals surface area contributed by atoms with Crippen molar-refractivity contribution < 1.29 is 0 Å². The van der Waals surface area contributed by atoms with E-state index in [0.717, 1.165) is 13.1 Å². The summed E-state index contributed by atoms with van der Waals surface area (Å²) in [6.45, 7) is 11.3. The van der Waals surface area contributed by atoms with Crippen LogP contribution in [0, 0.1) is 6.92 Å². The molecular weight excluding hydrogens is 234 g/mol. The Hall–Kier alpha value is -1.06. The van der Waals surface area contributed by atoms with Gasteiger partial charge in [0.25, 0.3) is 0 Å². The molecule has 2 rings (SSSR count). The average molecular weight is 261 g/mol. The summed E-state index contributed by atoms with van der Waals surface area (Å²) < 4.78 is 0. The quantitative estimate of drug-likeness (QED) is 0.898. The molecule has 0 aromatic heterocycles. The predicted octanol–water partition coefficient (Wildman–Crippen LogP) is 2.43. The second kappa shape index (κ2) is 6.40. The summed E-state index contributed by atoms with van der Waals surface area (Å²) in [5, 5.41) is 3.52. The lowest BCUT2D eigenvalue weighted by Gasteiger charge is -2.42. The van der Waals surface area contributed by atoms with Gasteiger partial charge in [0.2, 0.25) is 0 Å². The standard InChI is InChI=1S/C16H27N3/c1-13-6-5-7-16(10-13)17-8-9-19-11-14(2)18(4)15(3)12-19/h5-7,10,14-15,17H,8-9,11-12H2,1-4H3. The number of hydrogen-bond donors (Lipinski definition) is 1. The van der Waals surface area contributed by atoms with E-state index in [1.54, 1.807) is 0 Å². The normalized spacial score (nSPS) is 25.5. The van der Waals surface area contributed by atoms with Crippen LogP contribution in [-0.4, -0.2) is 55.1 Å². The Morgan fingerprint density at radius 2 is 1.89 bits per heavy atom. The third-order valence-corrected chi connectivity index (χ3v) is 4.21. The fourth-order valence-corrected chi connectivity index (χ4v) is 2.81. The van der Waals surface area contributed by atoms with Crippen molar-refractivity contribution in [3.8, 4) is 0 Å². The van der Waals surface area contributed by atoms with E-state index in [0.29, 0.717) is 12.1 Å². The van der Waals surface area contributed by atoms with Crippen LogP contribution in [0.15, 0.2) is 24.3 Å². The third kappa shape index (κ3) is 3.95. The molecule has 1 aromatic rings. The molecule has 0 spiro atoms. The highest BCUT2D eigenvalue weighted by molar-refractivity contribution is 5.45. The largest absolute Gasteiger partial charge is 0.384 e. The maximum absolute atomic E-state index is 3.52. The summed E-state index contributed by atoms with van der Waals surface area (Å²) in [4.78, 5) is 5.04. The second-order valence-corrected chi connectivity index (χ2v) is 5.92. The smallest absolute Gasteiger partial charge is 0.0343 e. The van der Waals surface area contributed by atoms with Crippen LogP contribution in [-0.2, 0) is 0 Å². The molecule has 19 heavy (non-hydrogen) atoms. The zero-order chi connectivity index (χ0) is 13.8. The highest BCUT2D eigenvalue weighted by Crippen LogP contribution is 2.13. The van der Waals surface area contributed by atoms with Crippen molar-refractivity contribution in [3.63, 3.8) is 0 Å². The lowest BCUT2D eigenvalue weighted by molar-refractivity contribution is 0.0626. The molecule has 1 heterocycles. The first-order valence-corrected chi connectivity index (χ1v) is 7.31. The predicted molar refractivity (Wildman–Crippen MR) is 82.8 cm³/mol. The van der Waals surface area contributed by atoms with Crippen molar-refractivity contribution in [1.29, 1.82) is 0 Å². The summed E-state index contributed by atoms with van der Waals surface area (Å²) in [5.74, 6) is 0. The first kappa shape index (κ1) is 14.4. The summed E-state index contributed by atoms with van der Waals surface area (Å²) in [5.41, 5.74) is 2.54. The maximum Gasteiger partial charge on any atom is 0.0343 e. The minimum absolute atomic E-state index is 0.655. The van der Waals surface area contributed by atoms with Gasteiger partial charge < -0.3 is 5.32 Å². The van der Waals surface area contributed by atoms with E-state index >= 15 is 0 Å². The molecule has 2 atom stereocenters. The molecule has 0 aliphatic carbocycles. The van der Waals surface area contributed by atoms with Crippen LogP contribution >= 0.6 is 0 Å². The fraction of sp³-hybridized carbons (Fsp3) is 0.625. The van der Waals surface area contributed by atoms with E-state index < -0.39 is 0 Å². The topological polar surface area (TPSA) is 18.5 Å². The van der Waals surface area contributed by atoms with Crippen LogP contribution < -0.4 is 5.32 Å². The number of aryl methyl sites for hydroxylation is 1. The number of benzene rings is 1. The summed E-state index contributed by atoms with van der Waals surface area (Å²) >= 11 is 0. The molecule has 106 valence electrons. The molecule has 0 amide bonds. The first-order valence-electron chi connectivity index (χ1n) is 7.31. The van der Waals surface area contributed by atoms with E-state index in [4.69, 9.17) is 0 Å². The van der Waals surface area contributed by atoms with Gasteiger partial charge in [0, 0.05) is 44.0 Å². The van der Waals surface area contributed by atoms with Crippen LogP contribution in [0.3, 0.4) is 0 Å². The van der Waals surface area contributed by atoms with Gasteiger partial charge in [0.05, 0.1) is 0 Å². The Morgan fingerprint density at radius 1 is 1.21 bits per heavy atom. The van der Waals surface area contributed by atoms with E-state index in [1.807, 2.05) is 0 Å². The summed E-state index contributed by atoms with van der Waals surface area (Å²) in [7, 11) is 2.23. The SMILES string of the molecule is Cc1cccc(NCCN2CC(C)N(C)C(C)C2)c1. The molecule has 1 aliphatic heterocycles. The van der Waals surface area contributed by atoms with Gasteiger partial charge in [-0.05, 0) is 45.5 Å². The highest BCUT2D eigenvalue weighted by atomic mass is 15.3. The number of likely N-dealkylation sites (N-methyl/N-ethyl adjacent to an activating group) is 1. The minimum Gasteiger partial charge on any atom is -0.384 e. The van der Waals surface area contributed by atoms with Crippen molar-refractivity contribution in [3.05, 3.63) is 29.8 Å². The van der Waals surface area contributed by atoms with Gasteiger partial charge in [-0.1, -0.05) is 12.1 Å². The third-order valence-electron chi connectivity index (χ3n) is 4.21. The summed E-state index contributed by atoms with van der Waals surface area (Å²) in [6.07, 6.45) is 0. The lowest BCUT2D eigenvalue weighted by atomic mass is 10.1. The van der Waals surface area contributed by atoms with Crippen molar-refractivity contribution >= 4 is 5.69 Å². The van der Waals surface area contributed by atoms with E-state index in [-0.39, 0.29) is 0 Å². The number of hydrogen-bond acceptors (Lipinski definition) is 3.